The molecule has 2 aromatic heterocycles. The molecule has 0 aliphatic heterocycles. The summed E-state index contributed by atoms with van der Waals surface area (Å²) >= 11 is 1.47. The van der Waals surface area contributed by atoms with E-state index in [1.807, 2.05) is 12.3 Å². The lowest BCUT2D eigenvalue weighted by Gasteiger charge is -1.99. The Morgan fingerprint density at radius 1 is 1.30 bits per heavy atom. The van der Waals surface area contributed by atoms with Gasteiger partial charge >= 0.3 is 0 Å². The Labute approximate surface area is 118 Å². The second-order valence-corrected chi connectivity index (χ2v) is 5.20. The van der Waals surface area contributed by atoms with E-state index < -0.39 is 4.92 Å². The molecule has 2 heterocycles. The molecule has 0 amide bonds. The second-order valence-electron chi connectivity index (χ2n) is 4.46. The van der Waals surface area contributed by atoms with Crippen LogP contribution in [-0.4, -0.2) is 15.7 Å². The highest BCUT2D eigenvalue weighted by Crippen LogP contribution is 2.29. The number of nitro groups is 1. The van der Waals surface area contributed by atoms with Crippen molar-refractivity contribution in [1.29, 1.82) is 0 Å². The first kappa shape index (κ1) is 12.6. The summed E-state index contributed by atoms with van der Waals surface area (Å²) in [5.41, 5.74) is 2.38. The smallest absolute Gasteiger partial charge is 0.293 e. The number of aromatic amines is 1. The highest BCUT2D eigenvalue weighted by molar-refractivity contribution is 7.08. The number of ketones is 1. The van der Waals surface area contributed by atoms with Gasteiger partial charge in [0.1, 0.15) is 5.52 Å². The molecule has 0 atom stereocenters. The van der Waals surface area contributed by atoms with Crippen LogP contribution in [0, 0.1) is 17.0 Å². The zero-order valence-corrected chi connectivity index (χ0v) is 11.4. The Morgan fingerprint density at radius 2 is 2.10 bits per heavy atom. The molecule has 0 unspecified atom stereocenters. The van der Waals surface area contributed by atoms with Crippen LogP contribution in [-0.2, 0) is 0 Å². The fourth-order valence-corrected chi connectivity index (χ4v) is 3.04. The molecule has 0 aliphatic rings. The van der Waals surface area contributed by atoms with E-state index in [1.165, 1.54) is 23.6 Å². The Kier molecular flexibility index (Phi) is 2.87. The third kappa shape index (κ3) is 1.81. The summed E-state index contributed by atoms with van der Waals surface area (Å²) in [6, 6.07) is 4.72. The van der Waals surface area contributed by atoms with Gasteiger partial charge in [-0.05, 0) is 17.9 Å². The lowest BCUT2D eigenvalue weighted by Crippen LogP contribution is -2.00. The van der Waals surface area contributed by atoms with Crippen LogP contribution in [0.1, 0.15) is 21.5 Å². The van der Waals surface area contributed by atoms with Gasteiger partial charge in [-0.25, -0.2) is 0 Å². The summed E-state index contributed by atoms with van der Waals surface area (Å²) in [7, 11) is 0. The van der Waals surface area contributed by atoms with Gasteiger partial charge in [-0.2, -0.15) is 11.3 Å². The van der Waals surface area contributed by atoms with Gasteiger partial charge in [-0.15, -0.1) is 0 Å². The second kappa shape index (κ2) is 4.57. The van der Waals surface area contributed by atoms with Crippen LogP contribution in [0.5, 0.6) is 0 Å². The van der Waals surface area contributed by atoms with Crippen molar-refractivity contribution in [2.75, 3.05) is 0 Å². The van der Waals surface area contributed by atoms with Gasteiger partial charge in [0.15, 0.2) is 5.78 Å². The van der Waals surface area contributed by atoms with Crippen LogP contribution in [0.4, 0.5) is 5.69 Å². The number of hydrogen-bond acceptors (Lipinski definition) is 4. The van der Waals surface area contributed by atoms with Gasteiger partial charge in [0.05, 0.1) is 4.92 Å². The Morgan fingerprint density at radius 3 is 2.75 bits per heavy atom. The van der Waals surface area contributed by atoms with Gasteiger partial charge < -0.3 is 4.98 Å². The predicted octanol–water partition coefficient (Wildman–Crippen LogP) is 3.68. The number of nitro benzene ring substituents is 1. The molecule has 3 rings (SSSR count). The lowest BCUT2D eigenvalue weighted by molar-refractivity contribution is -0.383. The molecule has 6 heteroatoms. The molecule has 0 saturated heterocycles. The number of nitrogens with zero attached hydrogens (tertiary/aromatic N) is 1. The van der Waals surface area contributed by atoms with Crippen molar-refractivity contribution >= 4 is 33.7 Å². The molecule has 1 aromatic carbocycles. The molecular weight excluding hydrogens is 276 g/mol. The van der Waals surface area contributed by atoms with E-state index in [1.54, 1.807) is 17.5 Å². The summed E-state index contributed by atoms with van der Waals surface area (Å²) in [5, 5.41) is 15.3. The number of fused-ring (bicyclic) bond motifs is 1. The van der Waals surface area contributed by atoms with Crippen molar-refractivity contribution in [3.8, 4) is 0 Å². The lowest BCUT2D eigenvalue weighted by atomic mass is 10.0. The summed E-state index contributed by atoms with van der Waals surface area (Å²) < 4.78 is 0. The number of hydrogen-bond donors (Lipinski definition) is 1. The molecule has 20 heavy (non-hydrogen) atoms. The van der Waals surface area contributed by atoms with Crippen molar-refractivity contribution in [3.63, 3.8) is 0 Å². The highest BCUT2D eigenvalue weighted by atomic mass is 32.1. The minimum absolute atomic E-state index is 0.0245. The third-order valence-electron chi connectivity index (χ3n) is 3.23. The van der Waals surface area contributed by atoms with Crippen molar-refractivity contribution in [2.24, 2.45) is 0 Å². The topological polar surface area (TPSA) is 76.0 Å². The van der Waals surface area contributed by atoms with E-state index in [4.69, 9.17) is 0 Å². The third-order valence-corrected chi connectivity index (χ3v) is 4.10. The average Bonchev–Trinajstić information content (AvgIpc) is 3.03. The van der Waals surface area contributed by atoms with Crippen molar-refractivity contribution in [2.45, 2.75) is 6.92 Å². The molecule has 100 valence electrons. The Hall–Kier alpha value is -2.47. The monoisotopic (exact) mass is 286 g/mol. The van der Waals surface area contributed by atoms with Gasteiger partial charge in [0, 0.05) is 34.2 Å². The number of aromatic nitrogens is 1. The maximum Gasteiger partial charge on any atom is 0.293 e. The van der Waals surface area contributed by atoms with E-state index in [9.17, 15) is 14.9 Å². The minimum Gasteiger partial charge on any atom is -0.355 e. The van der Waals surface area contributed by atoms with Crippen LogP contribution >= 0.6 is 11.3 Å². The normalized spacial score (nSPS) is 10.8. The number of carbonyl (C=O) groups is 1. The first-order valence-electron chi connectivity index (χ1n) is 5.91. The van der Waals surface area contributed by atoms with Gasteiger partial charge in [0.2, 0.25) is 0 Å². The summed E-state index contributed by atoms with van der Waals surface area (Å²) in [6.45, 7) is 1.88. The maximum atomic E-state index is 12.5. The number of aryl methyl sites for hydroxylation is 1. The SMILES string of the molecule is Cc1cscc1C(=O)c1c[nH]c2c([N+](=O)[O-])cccc12. The van der Waals surface area contributed by atoms with Crippen LogP contribution in [0.2, 0.25) is 0 Å². The van der Waals surface area contributed by atoms with Crippen molar-refractivity contribution in [3.05, 3.63) is 62.0 Å². The first-order chi connectivity index (χ1) is 9.59. The molecule has 1 N–H and O–H groups in total. The number of carbonyl (C=O) groups excluding carboxylic acids is 1. The molecule has 0 saturated carbocycles. The molecule has 3 aromatic rings. The quantitative estimate of drug-likeness (QED) is 0.453. The van der Waals surface area contributed by atoms with E-state index in [-0.39, 0.29) is 11.5 Å². The van der Waals surface area contributed by atoms with E-state index in [0.29, 0.717) is 22.0 Å². The fraction of sp³-hybridized carbons (Fsp3) is 0.0714. The number of para-hydroxylation sites is 1. The largest absolute Gasteiger partial charge is 0.355 e. The molecule has 0 fully saturated rings. The summed E-state index contributed by atoms with van der Waals surface area (Å²) in [4.78, 5) is 25.9. The summed E-state index contributed by atoms with van der Waals surface area (Å²) in [6.07, 6.45) is 1.54. The van der Waals surface area contributed by atoms with Crippen molar-refractivity contribution < 1.29 is 9.72 Å². The van der Waals surface area contributed by atoms with E-state index >= 15 is 0 Å². The number of nitrogens with one attached hydrogen (secondary N) is 1. The summed E-state index contributed by atoms with van der Waals surface area (Å²) in [5.74, 6) is -0.115. The van der Waals surface area contributed by atoms with Crippen LogP contribution in [0.25, 0.3) is 10.9 Å². The Balaban J connectivity index is 2.19. The van der Waals surface area contributed by atoms with Crippen LogP contribution < -0.4 is 0 Å². The zero-order chi connectivity index (χ0) is 14.3. The highest BCUT2D eigenvalue weighted by Gasteiger charge is 2.20. The Bertz CT molecular complexity index is 832. The van der Waals surface area contributed by atoms with Gasteiger partial charge in [-0.1, -0.05) is 12.1 Å². The number of rotatable bonds is 3. The minimum atomic E-state index is -0.455. The molecule has 5 nitrogen and oxygen atoms in total. The van der Waals surface area contributed by atoms with E-state index in [2.05, 4.69) is 4.98 Å². The number of benzene rings is 1. The molecule has 0 aliphatic carbocycles. The number of thiophene rings is 1. The average molecular weight is 286 g/mol. The van der Waals surface area contributed by atoms with Gasteiger partial charge in [-0.3, -0.25) is 14.9 Å². The van der Waals surface area contributed by atoms with Crippen LogP contribution in [0.3, 0.4) is 0 Å². The molecular formula is C14H10N2O3S. The first-order valence-corrected chi connectivity index (χ1v) is 6.86. The van der Waals surface area contributed by atoms with E-state index in [0.717, 1.165) is 5.56 Å². The fourth-order valence-electron chi connectivity index (χ4n) is 2.22. The maximum absolute atomic E-state index is 12.5. The zero-order valence-electron chi connectivity index (χ0n) is 10.5. The van der Waals surface area contributed by atoms with Crippen molar-refractivity contribution in [1.82, 2.24) is 4.98 Å². The molecule has 0 radical (unpaired) electrons. The number of non-ortho nitro benzene ring substituents is 1. The predicted molar refractivity (Wildman–Crippen MR) is 77.4 cm³/mol. The molecule has 0 spiro atoms. The molecule has 0 bridgehead atoms. The van der Waals surface area contributed by atoms with Gasteiger partial charge in [0.25, 0.3) is 5.69 Å². The standard InChI is InChI=1S/C14H10N2O3S/c1-8-6-20-7-11(8)14(17)10-5-15-13-9(10)3-2-4-12(13)16(18)19/h2-7,15H,1H3. The van der Waals surface area contributed by atoms with Crippen LogP contribution in [0.15, 0.2) is 35.2 Å². The number of H-pyrrole nitrogens is 1.